The first-order valence-corrected chi connectivity index (χ1v) is 8.14. The Morgan fingerprint density at radius 2 is 2.10 bits per heavy atom. The Morgan fingerprint density at radius 3 is 2.60 bits per heavy atom. The summed E-state index contributed by atoms with van der Waals surface area (Å²) >= 11 is 1.54. The molecule has 1 saturated heterocycles. The molecule has 1 aliphatic rings. The summed E-state index contributed by atoms with van der Waals surface area (Å²) in [6.45, 7) is 4.90. The number of carboxylic acids is 1. The van der Waals surface area contributed by atoms with Crippen molar-refractivity contribution in [2.24, 2.45) is 0 Å². The lowest BCUT2D eigenvalue weighted by atomic mass is 10.2. The largest absolute Gasteiger partial charge is 0.480 e. The average Bonchev–Trinajstić information content (AvgIpc) is 2.83. The van der Waals surface area contributed by atoms with E-state index in [0.717, 1.165) is 12.8 Å². The SMILES string of the molecule is CCCC1SCC(C(=O)O)N1C(=O)N(CC)CCCO. The lowest BCUT2D eigenvalue weighted by Gasteiger charge is -2.33. The van der Waals surface area contributed by atoms with Crippen molar-refractivity contribution in [2.45, 2.75) is 44.5 Å². The van der Waals surface area contributed by atoms with Gasteiger partial charge in [-0.1, -0.05) is 13.3 Å². The van der Waals surface area contributed by atoms with E-state index >= 15 is 0 Å². The summed E-state index contributed by atoms with van der Waals surface area (Å²) in [5, 5.41) is 18.1. The number of urea groups is 1. The Kier molecular flexibility index (Phi) is 7.15. The molecule has 0 aliphatic carbocycles. The minimum absolute atomic E-state index is 0.0271. The molecule has 0 radical (unpaired) electrons. The average molecular weight is 304 g/mol. The van der Waals surface area contributed by atoms with E-state index in [2.05, 4.69) is 0 Å². The predicted molar refractivity (Wildman–Crippen MR) is 78.8 cm³/mol. The van der Waals surface area contributed by atoms with Crippen LogP contribution in [0.1, 0.15) is 33.1 Å². The lowest BCUT2D eigenvalue weighted by molar-refractivity contribution is -0.141. The maximum absolute atomic E-state index is 12.6. The van der Waals surface area contributed by atoms with Gasteiger partial charge in [-0.3, -0.25) is 4.90 Å². The summed E-state index contributed by atoms with van der Waals surface area (Å²) in [6.07, 6.45) is 2.23. The normalized spacial score (nSPS) is 22.1. The summed E-state index contributed by atoms with van der Waals surface area (Å²) in [5.41, 5.74) is 0. The molecule has 2 amide bonds. The van der Waals surface area contributed by atoms with Gasteiger partial charge in [-0.25, -0.2) is 9.59 Å². The topological polar surface area (TPSA) is 81.1 Å². The van der Waals surface area contributed by atoms with E-state index in [1.807, 2.05) is 13.8 Å². The highest BCUT2D eigenvalue weighted by molar-refractivity contribution is 8.00. The van der Waals surface area contributed by atoms with Crippen molar-refractivity contribution in [3.63, 3.8) is 0 Å². The molecule has 6 nitrogen and oxygen atoms in total. The van der Waals surface area contributed by atoms with E-state index in [-0.39, 0.29) is 18.0 Å². The molecular weight excluding hydrogens is 280 g/mol. The molecule has 1 rings (SSSR count). The number of aliphatic hydroxyl groups is 1. The summed E-state index contributed by atoms with van der Waals surface area (Å²) in [5.74, 6) is -0.494. The summed E-state index contributed by atoms with van der Waals surface area (Å²) in [4.78, 5) is 27.0. The Hall–Kier alpha value is -0.950. The number of nitrogens with zero attached hydrogens (tertiary/aromatic N) is 2. The molecular formula is C13H24N2O4S. The van der Waals surface area contributed by atoms with Gasteiger partial charge in [0.25, 0.3) is 0 Å². The van der Waals surface area contributed by atoms with E-state index in [1.165, 1.54) is 16.7 Å². The van der Waals surface area contributed by atoms with E-state index in [1.54, 1.807) is 4.90 Å². The Labute approximate surface area is 124 Å². The van der Waals surface area contributed by atoms with Gasteiger partial charge < -0.3 is 15.1 Å². The molecule has 2 unspecified atom stereocenters. The standard InChI is InChI=1S/C13H24N2O4S/c1-3-6-11-15(10(9-20-11)12(17)18)13(19)14(4-2)7-5-8-16/h10-11,16H,3-9H2,1-2H3,(H,17,18). The zero-order valence-corrected chi connectivity index (χ0v) is 12.9. The molecule has 0 aromatic rings. The minimum Gasteiger partial charge on any atom is -0.480 e. The number of rotatable bonds is 7. The first-order valence-electron chi connectivity index (χ1n) is 7.09. The number of carbonyl (C=O) groups excluding carboxylic acids is 1. The van der Waals surface area contributed by atoms with Crippen LogP contribution in [0, 0.1) is 0 Å². The van der Waals surface area contributed by atoms with E-state index in [9.17, 15) is 14.7 Å². The van der Waals surface area contributed by atoms with Crippen molar-refractivity contribution in [2.75, 3.05) is 25.4 Å². The van der Waals surface area contributed by atoms with Gasteiger partial charge in [-0.05, 0) is 19.8 Å². The molecule has 1 heterocycles. The van der Waals surface area contributed by atoms with Crippen molar-refractivity contribution in [3.05, 3.63) is 0 Å². The van der Waals surface area contributed by atoms with Gasteiger partial charge in [0, 0.05) is 25.4 Å². The highest BCUT2D eigenvalue weighted by Crippen LogP contribution is 2.33. The molecule has 0 spiro atoms. The molecule has 0 aromatic heterocycles. The molecule has 7 heteroatoms. The fourth-order valence-electron chi connectivity index (χ4n) is 2.29. The third-order valence-electron chi connectivity index (χ3n) is 3.37. The van der Waals surface area contributed by atoms with Crippen molar-refractivity contribution in [3.8, 4) is 0 Å². The van der Waals surface area contributed by atoms with Crippen LogP contribution in [-0.2, 0) is 4.79 Å². The highest BCUT2D eigenvalue weighted by atomic mass is 32.2. The maximum atomic E-state index is 12.6. The molecule has 1 aliphatic heterocycles. The van der Waals surface area contributed by atoms with Crippen LogP contribution in [0.25, 0.3) is 0 Å². The van der Waals surface area contributed by atoms with Crippen LogP contribution < -0.4 is 0 Å². The third-order valence-corrected chi connectivity index (χ3v) is 4.73. The van der Waals surface area contributed by atoms with E-state index in [4.69, 9.17) is 5.11 Å². The third kappa shape index (κ3) is 4.02. The summed E-state index contributed by atoms with van der Waals surface area (Å²) in [7, 11) is 0. The number of hydrogen-bond donors (Lipinski definition) is 2. The fraction of sp³-hybridized carbons (Fsp3) is 0.846. The summed E-state index contributed by atoms with van der Waals surface area (Å²) < 4.78 is 0. The Bertz CT molecular complexity index is 340. The summed E-state index contributed by atoms with van der Waals surface area (Å²) in [6, 6.07) is -0.968. The van der Waals surface area contributed by atoms with Gasteiger partial charge >= 0.3 is 12.0 Å². The quantitative estimate of drug-likeness (QED) is 0.744. The Balaban J connectivity index is 2.83. The van der Waals surface area contributed by atoms with Crippen LogP contribution in [0.3, 0.4) is 0 Å². The van der Waals surface area contributed by atoms with Crippen LogP contribution in [0.2, 0.25) is 0 Å². The molecule has 2 N–H and O–H groups in total. The van der Waals surface area contributed by atoms with Gasteiger partial charge in [0.05, 0.1) is 5.37 Å². The van der Waals surface area contributed by atoms with Crippen molar-refractivity contribution in [1.29, 1.82) is 0 Å². The maximum Gasteiger partial charge on any atom is 0.327 e. The van der Waals surface area contributed by atoms with Crippen LogP contribution in [-0.4, -0.2) is 68.9 Å². The number of aliphatic carboxylic acids is 1. The van der Waals surface area contributed by atoms with Crippen molar-refractivity contribution in [1.82, 2.24) is 9.80 Å². The molecule has 116 valence electrons. The molecule has 0 bridgehead atoms. The first kappa shape index (κ1) is 17.1. The number of aliphatic hydroxyl groups excluding tert-OH is 1. The van der Waals surface area contributed by atoms with E-state index in [0.29, 0.717) is 25.3 Å². The van der Waals surface area contributed by atoms with Gasteiger partial charge in [-0.15, -0.1) is 11.8 Å². The van der Waals surface area contributed by atoms with Crippen LogP contribution >= 0.6 is 11.8 Å². The number of carbonyl (C=O) groups is 2. The molecule has 2 atom stereocenters. The molecule has 0 saturated carbocycles. The second kappa shape index (κ2) is 8.36. The molecule has 1 fully saturated rings. The molecule has 20 heavy (non-hydrogen) atoms. The number of hydrogen-bond acceptors (Lipinski definition) is 4. The fourth-order valence-corrected chi connectivity index (χ4v) is 3.80. The minimum atomic E-state index is -0.942. The number of thioether (sulfide) groups is 1. The van der Waals surface area contributed by atoms with Gasteiger partial charge in [0.2, 0.25) is 0 Å². The number of carboxylic acid groups (broad SMARTS) is 1. The van der Waals surface area contributed by atoms with Crippen LogP contribution in [0.5, 0.6) is 0 Å². The smallest absolute Gasteiger partial charge is 0.327 e. The van der Waals surface area contributed by atoms with Gasteiger partial charge in [0.15, 0.2) is 0 Å². The monoisotopic (exact) mass is 304 g/mol. The Morgan fingerprint density at radius 1 is 1.40 bits per heavy atom. The van der Waals surface area contributed by atoms with Gasteiger partial charge in [0.1, 0.15) is 6.04 Å². The van der Waals surface area contributed by atoms with Crippen molar-refractivity contribution >= 4 is 23.8 Å². The first-order chi connectivity index (χ1) is 9.56. The predicted octanol–water partition coefficient (Wildman–Crippen LogP) is 1.44. The van der Waals surface area contributed by atoms with E-state index < -0.39 is 12.0 Å². The van der Waals surface area contributed by atoms with Gasteiger partial charge in [-0.2, -0.15) is 0 Å². The van der Waals surface area contributed by atoms with Crippen LogP contribution in [0.4, 0.5) is 4.79 Å². The van der Waals surface area contributed by atoms with Crippen LogP contribution in [0.15, 0.2) is 0 Å². The highest BCUT2D eigenvalue weighted by Gasteiger charge is 2.42. The second-order valence-electron chi connectivity index (χ2n) is 4.78. The van der Waals surface area contributed by atoms with Crippen molar-refractivity contribution < 1.29 is 19.8 Å². The number of amides is 2. The molecule has 0 aromatic carbocycles. The second-order valence-corrected chi connectivity index (χ2v) is 5.99. The zero-order valence-electron chi connectivity index (χ0n) is 12.1. The lowest BCUT2D eigenvalue weighted by Crippen LogP contribution is -2.51. The zero-order chi connectivity index (χ0) is 15.1.